The molecular weight excluding hydrogens is 308 g/mol. The summed E-state index contributed by atoms with van der Waals surface area (Å²) in [4.78, 5) is 0. The molecule has 0 aliphatic carbocycles. The molecule has 1 heterocycles. The van der Waals surface area contributed by atoms with Gasteiger partial charge >= 0.3 is 0 Å². The predicted octanol–water partition coefficient (Wildman–Crippen LogP) is 3.81. The number of methoxy groups -OCH3 is 1. The number of aryl methyl sites for hydroxylation is 1. The van der Waals surface area contributed by atoms with E-state index in [-0.39, 0.29) is 0 Å². The van der Waals surface area contributed by atoms with E-state index in [1.807, 2.05) is 49.4 Å². The van der Waals surface area contributed by atoms with Crippen LogP contribution >= 0.6 is 12.2 Å². The van der Waals surface area contributed by atoms with E-state index >= 15 is 0 Å². The first kappa shape index (κ1) is 15.2. The van der Waals surface area contributed by atoms with E-state index in [0.717, 1.165) is 16.9 Å². The average molecular weight is 324 g/mol. The fourth-order valence-electron chi connectivity index (χ4n) is 2.22. The highest BCUT2D eigenvalue weighted by Crippen LogP contribution is 2.22. The van der Waals surface area contributed by atoms with Crippen molar-refractivity contribution in [1.82, 2.24) is 14.9 Å². The number of benzene rings is 2. The van der Waals surface area contributed by atoms with E-state index in [1.165, 1.54) is 5.56 Å². The third-order valence-electron chi connectivity index (χ3n) is 3.34. The zero-order chi connectivity index (χ0) is 16.2. The highest BCUT2D eigenvalue weighted by atomic mass is 32.1. The largest absolute Gasteiger partial charge is 0.497 e. The van der Waals surface area contributed by atoms with Crippen LogP contribution < -0.4 is 4.74 Å². The Kier molecular flexibility index (Phi) is 4.34. The minimum absolute atomic E-state index is 0.437. The smallest absolute Gasteiger partial charge is 0.216 e. The van der Waals surface area contributed by atoms with E-state index in [4.69, 9.17) is 17.0 Å². The van der Waals surface area contributed by atoms with Crippen molar-refractivity contribution in [2.75, 3.05) is 7.11 Å². The van der Waals surface area contributed by atoms with E-state index < -0.39 is 0 Å². The van der Waals surface area contributed by atoms with Crippen LogP contribution in [-0.2, 0) is 0 Å². The van der Waals surface area contributed by atoms with E-state index in [2.05, 4.69) is 21.4 Å². The molecular formula is C17H16N4OS. The standard InChI is InChI=1S/C17H16N4OS/c1-12-5-3-6-13(9-12)11-18-21-16(19-20-17(21)23)14-7-4-8-15(10-14)22-2/h3-11H,1-2H3,(H,20,23)/b18-11+. The number of hydrogen-bond donors (Lipinski definition) is 1. The van der Waals surface area contributed by atoms with Gasteiger partial charge in [0, 0.05) is 5.56 Å². The number of aromatic nitrogens is 3. The summed E-state index contributed by atoms with van der Waals surface area (Å²) in [7, 11) is 1.63. The average Bonchev–Trinajstić information content (AvgIpc) is 2.94. The van der Waals surface area contributed by atoms with Gasteiger partial charge in [-0.3, -0.25) is 0 Å². The van der Waals surface area contributed by atoms with Gasteiger partial charge in [-0.15, -0.1) is 0 Å². The highest BCUT2D eigenvalue weighted by Gasteiger charge is 2.08. The number of aromatic amines is 1. The number of ether oxygens (including phenoxy) is 1. The maximum atomic E-state index is 5.28. The minimum Gasteiger partial charge on any atom is -0.497 e. The molecule has 1 N–H and O–H groups in total. The molecule has 0 unspecified atom stereocenters. The third-order valence-corrected chi connectivity index (χ3v) is 3.61. The Hall–Kier alpha value is -2.73. The maximum absolute atomic E-state index is 5.28. The van der Waals surface area contributed by atoms with Crippen molar-refractivity contribution in [3.05, 3.63) is 64.4 Å². The van der Waals surface area contributed by atoms with Crippen LogP contribution in [0.15, 0.2) is 53.6 Å². The van der Waals surface area contributed by atoms with E-state index in [1.54, 1.807) is 18.0 Å². The minimum atomic E-state index is 0.437. The lowest BCUT2D eigenvalue weighted by Crippen LogP contribution is -1.95. The Morgan fingerprint density at radius 2 is 2.04 bits per heavy atom. The highest BCUT2D eigenvalue weighted by molar-refractivity contribution is 7.71. The molecule has 23 heavy (non-hydrogen) atoms. The van der Waals surface area contributed by atoms with Gasteiger partial charge in [-0.05, 0) is 36.8 Å². The van der Waals surface area contributed by atoms with Crippen molar-refractivity contribution in [1.29, 1.82) is 0 Å². The molecule has 5 nitrogen and oxygen atoms in total. The summed E-state index contributed by atoms with van der Waals surface area (Å²) in [6.07, 6.45) is 1.77. The number of hydrogen-bond acceptors (Lipinski definition) is 4. The van der Waals surface area contributed by atoms with Gasteiger partial charge in [0.05, 0.1) is 13.3 Å². The van der Waals surface area contributed by atoms with E-state index in [9.17, 15) is 0 Å². The molecule has 0 saturated heterocycles. The lowest BCUT2D eigenvalue weighted by Gasteiger charge is -2.04. The fraction of sp³-hybridized carbons (Fsp3) is 0.118. The molecule has 0 radical (unpaired) electrons. The normalized spacial score (nSPS) is 11.0. The van der Waals surface area contributed by atoms with Crippen molar-refractivity contribution in [3.8, 4) is 17.1 Å². The summed E-state index contributed by atoms with van der Waals surface area (Å²) >= 11 is 5.28. The van der Waals surface area contributed by atoms with Gasteiger partial charge in [0.15, 0.2) is 5.82 Å². The lowest BCUT2D eigenvalue weighted by atomic mass is 10.2. The quantitative estimate of drug-likeness (QED) is 0.586. The van der Waals surface area contributed by atoms with Crippen LogP contribution in [0.5, 0.6) is 5.75 Å². The molecule has 2 aromatic carbocycles. The van der Waals surface area contributed by atoms with Crippen molar-refractivity contribution in [2.24, 2.45) is 5.10 Å². The van der Waals surface area contributed by atoms with Gasteiger partial charge in [0.25, 0.3) is 0 Å². The van der Waals surface area contributed by atoms with Crippen LogP contribution in [0, 0.1) is 11.7 Å². The third kappa shape index (κ3) is 3.37. The van der Waals surface area contributed by atoms with Crippen molar-refractivity contribution >= 4 is 18.4 Å². The van der Waals surface area contributed by atoms with Gasteiger partial charge in [0.2, 0.25) is 4.77 Å². The first-order valence-corrected chi connectivity index (χ1v) is 7.51. The Labute approximate surface area is 139 Å². The maximum Gasteiger partial charge on any atom is 0.216 e. The van der Waals surface area contributed by atoms with Crippen molar-refractivity contribution in [3.63, 3.8) is 0 Å². The molecule has 0 saturated carbocycles. The SMILES string of the molecule is COc1cccc(-c2n[nH]c(=S)n2/N=C/c2cccc(C)c2)c1. The molecule has 3 aromatic rings. The van der Waals surface area contributed by atoms with Gasteiger partial charge in [-0.25, -0.2) is 5.10 Å². The van der Waals surface area contributed by atoms with Crippen molar-refractivity contribution < 1.29 is 4.74 Å². The number of H-pyrrole nitrogens is 1. The first-order chi connectivity index (χ1) is 11.2. The Bertz CT molecular complexity index is 911. The second-order valence-corrected chi connectivity index (χ2v) is 5.44. The van der Waals surface area contributed by atoms with Gasteiger partial charge in [-0.2, -0.15) is 14.9 Å². The van der Waals surface area contributed by atoms with Crippen LogP contribution in [0.2, 0.25) is 0 Å². The van der Waals surface area contributed by atoms with Gasteiger partial charge in [-0.1, -0.05) is 42.0 Å². The Morgan fingerprint density at radius 3 is 2.83 bits per heavy atom. The van der Waals surface area contributed by atoms with Crippen LogP contribution in [0.1, 0.15) is 11.1 Å². The molecule has 116 valence electrons. The summed E-state index contributed by atoms with van der Waals surface area (Å²) in [5.41, 5.74) is 3.06. The van der Waals surface area contributed by atoms with Crippen LogP contribution in [0.3, 0.4) is 0 Å². The molecule has 0 spiro atoms. The molecule has 0 fully saturated rings. The Balaban J connectivity index is 2.00. The molecule has 0 aliphatic heterocycles. The second-order valence-electron chi connectivity index (χ2n) is 5.05. The Morgan fingerprint density at radius 1 is 1.22 bits per heavy atom. The van der Waals surface area contributed by atoms with Gasteiger partial charge < -0.3 is 4.74 Å². The topological polar surface area (TPSA) is 55.2 Å². The molecule has 0 bridgehead atoms. The zero-order valence-electron chi connectivity index (χ0n) is 12.9. The lowest BCUT2D eigenvalue weighted by molar-refractivity contribution is 0.415. The van der Waals surface area contributed by atoms with Crippen molar-refractivity contribution in [2.45, 2.75) is 6.92 Å². The molecule has 1 aromatic heterocycles. The zero-order valence-corrected chi connectivity index (χ0v) is 13.7. The summed E-state index contributed by atoms with van der Waals surface area (Å²) in [5.74, 6) is 1.39. The molecule has 0 atom stereocenters. The predicted molar refractivity (Wildman–Crippen MR) is 93.6 cm³/mol. The molecule has 6 heteroatoms. The fourth-order valence-corrected chi connectivity index (χ4v) is 2.40. The van der Waals surface area contributed by atoms with Crippen LogP contribution in [-0.4, -0.2) is 28.2 Å². The number of nitrogens with one attached hydrogen (secondary N) is 1. The number of nitrogens with zero attached hydrogens (tertiary/aromatic N) is 3. The first-order valence-electron chi connectivity index (χ1n) is 7.10. The molecule has 0 amide bonds. The summed E-state index contributed by atoms with van der Waals surface area (Å²) in [6.45, 7) is 2.04. The number of rotatable bonds is 4. The van der Waals surface area contributed by atoms with Gasteiger partial charge in [0.1, 0.15) is 5.75 Å². The van der Waals surface area contributed by atoms with Crippen LogP contribution in [0.4, 0.5) is 0 Å². The monoisotopic (exact) mass is 324 g/mol. The molecule has 3 rings (SSSR count). The summed E-state index contributed by atoms with van der Waals surface area (Å²) < 4.78 is 7.29. The van der Waals surface area contributed by atoms with E-state index in [0.29, 0.717) is 10.6 Å². The second kappa shape index (κ2) is 6.58. The summed E-state index contributed by atoms with van der Waals surface area (Å²) in [5, 5.41) is 11.5. The summed E-state index contributed by atoms with van der Waals surface area (Å²) in [6, 6.07) is 15.7. The van der Waals surface area contributed by atoms with Crippen LogP contribution in [0.25, 0.3) is 11.4 Å². The molecule has 0 aliphatic rings.